The van der Waals surface area contributed by atoms with Gasteiger partial charge >= 0.3 is 12.0 Å². The summed E-state index contributed by atoms with van der Waals surface area (Å²) in [5, 5.41) is 4.51. The Morgan fingerprint density at radius 2 is 1.87 bits per heavy atom. The van der Waals surface area contributed by atoms with Crippen LogP contribution in [0, 0.1) is 19.7 Å². The molecule has 0 radical (unpaired) electrons. The number of aromatic nitrogens is 2. The number of hydrogen-bond acceptors (Lipinski definition) is 4. The summed E-state index contributed by atoms with van der Waals surface area (Å²) in [4.78, 5) is 33.6. The quantitative estimate of drug-likeness (QED) is 0.724. The monoisotopic (exact) mass is 411 g/mol. The van der Waals surface area contributed by atoms with Crippen LogP contribution in [0.3, 0.4) is 0 Å². The molecule has 8 nitrogen and oxygen atoms in total. The number of halogens is 1. The number of benzene rings is 1. The third kappa shape index (κ3) is 3.20. The van der Waals surface area contributed by atoms with Crippen molar-refractivity contribution in [3.63, 3.8) is 0 Å². The largest absolute Gasteiger partial charge is 0.421 e. The van der Waals surface area contributed by atoms with E-state index in [0.29, 0.717) is 23.9 Å². The van der Waals surface area contributed by atoms with Crippen molar-refractivity contribution in [1.82, 2.24) is 19.6 Å². The third-order valence-electron chi connectivity index (χ3n) is 5.31. The number of carbonyl (C=O) groups excluding carboxylic acids is 2. The van der Waals surface area contributed by atoms with Crippen LogP contribution in [0.15, 0.2) is 35.3 Å². The molecule has 3 amide bonds. The second-order valence-corrected chi connectivity index (χ2v) is 7.60. The fourth-order valence-corrected chi connectivity index (χ4v) is 3.89. The number of fused-ring (bicyclic) bond motifs is 1. The van der Waals surface area contributed by atoms with E-state index < -0.39 is 12.1 Å². The van der Waals surface area contributed by atoms with Gasteiger partial charge in [-0.05, 0) is 44.0 Å². The topological polar surface area (TPSA) is 73.8 Å². The second-order valence-electron chi connectivity index (χ2n) is 7.60. The van der Waals surface area contributed by atoms with Crippen LogP contribution in [-0.2, 0) is 11.3 Å². The number of amidine groups is 1. The molecular weight excluding hydrogens is 387 g/mol. The summed E-state index contributed by atoms with van der Waals surface area (Å²) in [5.74, 6) is 0.234. The van der Waals surface area contributed by atoms with Crippen molar-refractivity contribution in [2.24, 2.45) is 4.99 Å². The Balaban J connectivity index is 1.75. The van der Waals surface area contributed by atoms with Gasteiger partial charge in [-0.3, -0.25) is 14.6 Å². The van der Waals surface area contributed by atoms with Crippen molar-refractivity contribution < 1.29 is 18.6 Å². The molecule has 0 saturated carbocycles. The van der Waals surface area contributed by atoms with Crippen molar-refractivity contribution in [3.05, 3.63) is 53.1 Å². The smallest absolute Gasteiger partial charge is 0.270 e. The van der Waals surface area contributed by atoms with Crippen LogP contribution in [0.1, 0.15) is 30.3 Å². The molecule has 1 fully saturated rings. The normalized spacial score (nSPS) is 19.0. The number of aryl methyl sites for hydroxylation is 2. The maximum absolute atomic E-state index is 13.4. The Bertz CT molecular complexity index is 1090. The molecule has 2 aliphatic rings. The minimum absolute atomic E-state index is 0.0707. The predicted molar refractivity (Wildman–Crippen MR) is 109 cm³/mol. The number of rotatable bonds is 4. The summed E-state index contributed by atoms with van der Waals surface area (Å²) < 4.78 is 16.9. The molecule has 2 aliphatic heterocycles. The van der Waals surface area contributed by atoms with Crippen LogP contribution in [-0.4, -0.2) is 67.5 Å². The number of likely N-dealkylation sites (N-methyl/N-ethyl adjacent to an activating group) is 1. The predicted octanol–water partition coefficient (Wildman–Crippen LogP) is 2.14. The lowest BCUT2D eigenvalue weighted by Gasteiger charge is -2.34. The van der Waals surface area contributed by atoms with Gasteiger partial charge in [0.2, 0.25) is 11.9 Å². The minimum Gasteiger partial charge on any atom is -0.270 e. The van der Waals surface area contributed by atoms with E-state index in [1.807, 2.05) is 31.4 Å². The van der Waals surface area contributed by atoms with Crippen molar-refractivity contribution in [3.8, 4) is 0 Å². The van der Waals surface area contributed by atoms with E-state index >= 15 is 0 Å². The average Bonchev–Trinajstić information content (AvgIpc) is 3.24. The summed E-state index contributed by atoms with van der Waals surface area (Å²) in [6, 6.07) is 6.57. The fourth-order valence-electron chi connectivity index (χ4n) is 3.89. The molecule has 0 N–H and O–H groups in total. The first kappa shape index (κ1) is 19.9. The Morgan fingerprint density at radius 3 is 2.47 bits per heavy atom. The van der Waals surface area contributed by atoms with Gasteiger partial charge in [-0.2, -0.15) is 0 Å². The standard InChI is InChI=1S/C21H24FN6O2/c1-5-10-26-17-18(23-20(26)28-14(3)11-13(2)24-28)25(4)21(30)27(19(17)29)12-15-6-8-16(22)9-7-15/h6-9,11,17H,5,10,12H2,1-4H3/q+1. The molecule has 1 saturated heterocycles. The first-order valence-corrected chi connectivity index (χ1v) is 9.91. The van der Waals surface area contributed by atoms with Crippen molar-refractivity contribution in [2.75, 3.05) is 13.6 Å². The van der Waals surface area contributed by atoms with Crippen molar-refractivity contribution in [1.29, 1.82) is 0 Å². The molecule has 9 heteroatoms. The van der Waals surface area contributed by atoms with E-state index in [4.69, 9.17) is 0 Å². The maximum Gasteiger partial charge on any atom is 0.421 e. The highest BCUT2D eigenvalue weighted by Crippen LogP contribution is 2.23. The summed E-state index contributed by atoms with van der Waals surface area (Å²) >= 11 is 0. The van der Waals surface area contributed by atoms with Gasteiger partial charge in [0.25, 0.3) is 5.91 Å². The van der Waals surface area contributed by atoms with Crippen molar-refractivity contribution in [2.45, 2.75) is 39.8 Å². The Morgan fingerprint density at radius 1 is 1.17 bits per heavy atom. The molecule has 4 rings (SSSR count). The van der Waals surface area contributed by atoms with E-state index in [1.54, 1.807) is 23.9 Å². The Kier molecular flexibility index (Phi) is 4.97. The molecule has 1 unspecified atom stereocenters. The molecule has 156 valence electrons. The van der Waals surface area contributed by atoms with Gasteiger partial charge in [-0.15, -0.1) is 9.78 Å². The van der Waals surface area contributed by atoms with Gasteiger partial charge in [0, 0.05) is 7.05 Å². The van der Waals surface area contributed by atoms with E-state index in [2.05, 4.69) is 10.1 Å². The summed E-state index contributed by atoms with van der Waals surface area (Å²) in [6.07, 6.45) is 0.797. The number of hydrogen-bond donors (Lipinski definition) is 0. The molecular formula is C21H24FN6O2+. The van der Waals surface area contributed by atoms with Gasteiger partial charge in [0.15, 0.2) is 0 Å². The van der Waals surface area contributed by atoms with Gasteiger partial charge in [-0.1, -0.05) is 24.0 Å². The fraction of sp³-hybridized carbons (Fsp3) is 0.381. The van der Waals surface area contributed by atoms with Gasteiger partial charge in [0.1, 0.15) is 11.5 Å². The lowest BCUT2D eigenvalue weighted by Crippen LogP contribution is -2.62. The maximum atomic E-state index is 13.4. The van der Waals surface area contributed by atoms with E-state index in [1.165, 1.54) is 21.9 Å². The SMILES string of the molecule is CCC[N+]1=C(n2nc(C)cc2C)N=C2C1C(=O)N(Cc1ccc(F)cc1)C(=O)N2C. The number of imide groups is 1. The van der Waals surface area contributed by atoms with E-state index in [-0.39, 0.29) is 18.3 Å². The van der Waals surface area contributed by atoms with Crippen LogP contribution in [0.4, 0.5) is 9.18 Å². The highest BCUT2D eigenvalue weighted by atomic mass is 19.1. The van der Waals surface area contributed by atoms with Gasteiger partial charge in [0.05, 0.1) is 18.8 Å². The summed E-state index contributed by atoms with van der Waals surface area (Å²) in [5.41, 5.74) is 2.42. The zero-order valence-electron chi connectivity index (χ0n) is 17.5. The summed E-state index contributed by atoms with van der Waals surface area (Å²) in [7, 11) is 1.62. The number of urea groups is 1. The zero-order chi connectivity index (χ0) is 21.6. The molecule has 0 bridgehead atoms. The molecule has 1 atom stereocenters. The zero-order valence-corrected chi connectivity index (χ0v) is 17.5. The molecule has 2 aromatic rings. The minimum atomic E-state index is -0.702. The van der Waals surface area contributed by atoms with E-state index in [9.17, 15) is 14.0 Å². The van der Waals surface area contributed by atoms with Gasteiger partial charge in [-0.25, -0.2) is 13.8 Å². The first-order chi connectivity index (χ1) is 14.3. The molecule has 1 aromatic carbocycles. The van der Waals surface area contributed by atoms with Crippen LogP contribution >= 0.6 is 0 Å². The third-order valence-corrected chi connectivity index (χ3v) is 5.31. The van der Waals surface area contributed by atoms with E-state index in [0.717, 1.165) is 17.8 Å². The number of amides is 3. The number of carbonyl (C=O) groups is 2. The van der Waals surface area contributed by atoms with Crippen LogP contribution in [0.25, 0.3) is 0 Å². The number of nitrogens with zero attached hydrogens (tertiary/aromatic N) is 6. The summed E-state index contributed by atoms with van der Waals surface area (Å²) in [6.45, 7) is 6.51. The van der Waals surface area contributed by atoms with Crippen LogP contribution in [0.2, 0.25) is 0 Å². The molecule has 30 heavy (non-hydrogen) atoms. The molecule has 1 aromatic heterocycles. The Hall–Kier alpha value is -3.36. The number of aliphatic imine (C=N–C) groups is 1. The second kappa shape index (κ2) is 7.47. The van der Waals surface area contributed by atoms with Gasteiger partial charge < -0.3 is 0 Å². The molecule has 0 aliphatic carbocycles. The van der Waals surface area contributed by atoms with Crippen LogP contribution < -0.4 is 0 Å². The Labute approximate surface area is 173 Å². The molecule has 3 heterocycles. The highest BCUT2D eigenvalue weighted by molar-refractivity contribution is 6.22. The lowest BCUT2D eigenvalue weighted by molar-refractivity contribution is -0.537. The van der Waals surface area contributed by atoms with Crippen molar-refractivity contribution >= 4 is 23.7 Å². The molecule has 0 spiro atoms. The lowest BCUT2D eigenvalue weighted by atomic mass is 10.1. The highest BCUT2D eigenvalue weighted by Gasteiger charge is 2.52. The average molecular weight is 411 g/mol. The van der Waals surface area contributed by atoms with Crippen LogP contribution in [0.5, 0.6) is 0 Å². The first-order valence-electron chi connectivity index (χ1n) is 9.91.